The number of carbonyl (C=O) groups excluding carboxylic acids is 2. The largest absolute Gasteiger partial charge is 0.480 e. The normalized spacial score (nSPS) is 11.3. The molecule has 0 bridgehead atoms. The number of carbonyl (C=O) groups is 3. The van der Waals surface area contributed by atoms with E-state index in [0.717, 1.165) is 12.8 Å². The first-order valence-corrected chi connectivity index (χ1v) is 10.5. The van der Waals surface area contributed by atoms with Crippen molar-refractivity contribution in [2.45, 2.75) is 57.4 Å². The van der Waals surface area contributed by atoms with E-state index in [-0.39, 0.29) is 24.7 Å². The van der Waals surface area contributed by atoms with Crippen molar-refractivity contribution in [1.29, 1.82) is 0 Å². The Morgan fingerprint density at radius 2 is 1.79 bits per heavy atom. The van der Waals surface area contributed by atoms with Gasteiger partial charge >= 0.3 is 5.97 Å². The maximum atomic E-state index is 11.9. The van der Waals surface area contributed by atoms with Gasteiger partial charge in [-0.2, -0.15) is 0 Å². The molecule has 0 aliphatic rings. The minimum atomic E-state index is -1.06. The van der Waals surface area contributed by atoms with Crippen LogP contribution in [-0.2, 0) is 20.8 Å². The van der Waals surface area contributed by atoms with Gasteiger partial charge in [0.2, 0.25) is 11.8 Å². The fourth-order valence-corrected chi connectivity index (χ4v) is 2.96. The molecule has 0 aliphatic carbocycles. The Morgan fingerprint density at radius 1 is 1.07 bits per heavy atom. The predicted octanol–water partition coefficient (Wildman–Crippen LogP) is 2.88. The smallest absolute Gasteiger partial charge is 0.326 e. The Hall–Kier alpha value is -2.08. The molecule has 0 spiro atoms. The van der Waals surface area contributed by atoms with E-state index in [1.54, 1.807) is 0 Å². The van der Waals surface area contributed by atoms with Gasteiger partial charge in [-0.3, -0.25) is 9.59 Å². The van der Waals surface area contributed by atoms with E-state index in [1.165, 1.54) is 9.13 Å². The van der Waals surface area contributed by atoms with Gasteiger partial charge in [-0.15, -0.1) is 12.3 Å². The topological polar surface area (TPSA) is 95.5 Å². The zero-order chi connectivity index (χ0) is 20.8. The Kier molecular flexibility index (Phi) is 12.0. The molecule has 0 aliphatic heterocycles. The third kappa shape index (κ3) is 10.9. The number of benzene rings is 1. The standard InChI is InChI=1S/C21H27IN2O4/c1-2-3-9-20(26)24-18(21(27)28)8-4-5-15-23-19(25)10-6-7-16-11-13-17(22)14-12-16/h1,11-14,18H,3-10,15H2,(H,23,25)(H,24,26)(H,27,28)/t18-/m1/s1. The fraction of sp³-hybridized carbons (Fsp3) is 0.476. The van der Waals surface area contributed by atoms with Crippen LogP contribution in [0.1, 0.15) is 50.5 Å². The summed E-state index contributed by atoms with van der Waals surface area (Å²) in [5.41, 5.74) is 1.22. The number of aryl methyl sites for hydroxylation is 1. The van der Waals surface area contributed by atoms with Gasteiger partial charge in [-0.25, -0.2) is 4.79 Å². The van der Waals surface area contributed by atoms with Crippen LogP contribution in [0.25, 0.3) is 0 Å². The molecule has 28 heavy (non-hydrogen) atoms. The summed E-state index contributed by atoms with van der Waals surface area (Å²) in [5, 5.41) is 14.5. The van der Waals surface area contributed by atoms with Crippen molar-refractivity contribution in [2.24, 2.45) is 0 Å². The molecule has 0 radical (unpaired) electrons. The van der Waals surface area contributed by atoms with E-state index >= 15 is 0 Å². The van der Waals surface area contributed by atoms with Crippen molar-refractivity contribution < 1.29 is 19.5 Å². The van der Waals surface area contributed by atoms with Crippen LogP contribution in [0.4, 0.5) is 0 Å². The van der Waals surface area contributed by atoms with Crippen LogP contribution in [0.15, 0.2) is 24.3 Å². The lowest BCUT2D eigenvalue weighted by atomic mass is 10.1. The summed E-state index contributed by atoms with van der Waals surface area (Å²) in [6, 6.07) is 7.33. The van der Waals surface area contributed by atoms with Gasteiger partial charge in [0.1, 0.15) is 6.04 Å². The van der Waals surface area contributed by atoms with Crippen LogP contribution in [0.3, 0.4) is 0 Å². The van der Waals surface area contributed by atoms with Gasteiger partial charge in [0.25, 0.3) is 0 Å². The summed E-state index contributed by atoms with van der Waals surface area (Å²) in [4.78, 5) is 34.7. The third-order valence-corrected chi connectivity index (χ3v) is 4.87. The van der Waals surface area contributed by atoms with Crippen LogP contribution >= 0.6 is 22.6 Å². The summed E-state index contributed by atoms with van der Waals surface area (Å²) in [6.07, 6.45) is 9.19. The molecule has 0 fully saturated rings. The number of hydrogen-bond acceptors (Lipinski definition) is 3. The molecule has 6 nitrogen and oxygen atoms in total. The maximum absolute atomic E-state index is 11.9. The SMILES string of the molecule is C#CCCC(=O)N[C@H](CCCCNC(=O)CCCc1ccc(I)cc1)C(=O)O. The van der Waals surface area contributed by atoms with E-state index in [2.05, 4.69) is 63.4 Å². The molecular weight excluding hydrogens is 471 g/mol. The molecule has 2 amide bonds. The van der Waals surface area contributed by atoms with Crippen LogP contribution < -0.4 is 10.6 Å². The molecule has 1 aromatic carbocycles. The second kappa shape index (κ2) is 14.0. The van der Waals surface area contributed by atoms with Crippen molar-refractivity contribution in [1.82, 2.24) is 10.6 Å². The molecule has 3 N–H and O–H groups in total. The van der Waals surface area contributed by atoms with Crippen molar-refractivity contribution in [3.63, 3.8) is 0 Å². The van der Waals surface area contributed by atoms with Crippen molar-refractivity contribution in [3.05, 3.63) is 33.4 Å². The minimum Gasteiger partial charge on any atom is -0.480 e. The van der Waals surface area contributed by atoms with Crippen LogP contribution in [0.5, 0.6) is 0 Å². The highest BCUT2D eigenvalue weighted by atomic mass is 127. The Balaban J connectivity index is 2.14. The summed E-state index contributed by atoms with van der Waals surface area (Å²) < 4.78 is 1.19. The van der Waals surface area contributed by atoms with Gasteiger partial charge in [0.15, 0.2) is 0 Å². The number of nitrogens with one attached hydrogen (secondary N) is 2. The molecule has 1 aromatic rings. The average Bonchev–Trinajstić information content (AvgIpc) is 2.66. The summed E-state index contributed by atoms with van der Waals surface area (Å²) >= 11 is 2.26. The number of aliphatic carboxylic acids is 1. The monoisotopic (exact) mass is 498 g/mol. The maximum Gasteiger partial charge on any atom is 0.326 e. The van der Waals surface area contributed by atoms with Gasteiger partial charge < -0.3 is 15.7 Å². The van der Waals surface area contributed by atoms with Gasteiger partial charge in [-0.05, 0) is 72.4 Å². The van der Waals surface area contributed by atoms with Crippen LogP contribution in [0.2, 0.25) is 0 Å². The molecule has 7 heteroatoms. The number of hydrogen-bond donors (Lipinski definition) is 3. The average molecular weight is 498 g/mol. The molecule has 0 saturated carbocycles. The Labute approximate surface area is 180 Å². The quantitative estimate of drug-likeness (QED) is 0.222. The molecule has 0 unspecified atom stereocenters. The molecule has 1 rings (SSSR count). The minimum absolute atomic E-state index is 0.00267. The Bertz CT molecular complexity index is 683. The first kappa shape index (κ1) is 24.0. The number of carboxylic acids is 1. The van der Waals surface area contributed by atoms with E-state index in [1.807, 2.05) is 0 Å². The predicted molar refractivity (Wildman–Crippen MR) is 117 cm³/mol. The van der Waals surface area contributed by atoms with Gasteiger partial charge in [-0.1, -0.05) is 12.1 Å². The highest BCUT2D eigenvalue weighted by molar-refractivity contribution is 14.1. The highest BCUT2D eigenvalue weighted by Crippen LogP contribution is 2.09. The second-order valence-electron chi connectivity index (χ2n) is 6.49. The van der Waals surface area contributed by atoms with Crippen molar-refractivity contribution in [2.75, 3.05) is 6.54 Å². The fourth-order valence-electron chi connectivity index (χ4n) is 2.60. The van der Waals surface area contributed by atoms with Gasteiger partial charge in [0.05, 0.1) is 0 Å². The molecule has 0 heterocycles. The lowest BCUT2D eigenvalue weighted by Crippen LogP contribution is -2.40. The van der Waals surface area contributed by atoms with Crippen molar-refractivity contribution in [3.8, 4) is 12.3 Å². The van der Waals surface area contributed by atoms with E-state index in [9.17, 15) is 19.5 Å². The van der Waals surface area contributed by atoms with E-state index in [0.29, 0.717) is 32.2 Å². The lowest BCUT2D eigenvalue weighted by molar-refractivity contribution is -0.142. The lowest BCUT2D eigenvalue weighted by Gasteiger charge is -2.14. The zero-order valence-corrected chi connectivity index (χ0v) is 18.0. The number of unbranched alkanes of at least 4 members (excludes halogenated alkanes) is 1. The highest BCUT2D eigenvalue weighted by Gasteiger charge is 2.18. The molecule has 152 valence electrons. The number of amides is 2. The van der Waals surface area contributed by atoms with Crippen LogP contribution in [0, 0.1) is 15.9 Å². The second-order valence-corrected chi connectivity index (χ2v) is 7.73. The zero-order valence-electron chi connectivity index (χ0n) is 15.9. The number of terminal acetylenes is 1. The third-order valence-electron chi connectivity index (χ3n) is 4.15. The number of halogens is 1. The summed E-state index contributed by atoms with van der Waals surface area (Å²) in [5.74, 6) is 0.935. The number of rotatable bonds is 13. The molecule has 0 saturated heterocycles. The van der Waals surface area contributed by atoms with E-state index in [4.69, 9.17) is 6.42 Å². The molecule has 1 atom stereocenters. The number of carboxylic acid groups (broad SMARTS) is 1. The van der Waals surface area contributed by atoms with Crippen molar-refractivity contribution >= 4 is 40.4 Å². The molecular formula is C21H27IN2O4. The van der Waals surface area contributed by atoms with Crippen LogP contribution in [-0.4, -0.2) is 35.5 Å². The van der Waals surface area contributed by atoms with E-state index < -0.39 is 12.0 Å². The first-order valence-electron chi connectivity index (χ1n) is 9.39. The summed E-state index contributed by atoms with van der Waals surface area (Å²) in [7, 11) is 0. The summed E-state index contributed by atoms with van der Waals surface area (Å²) in [6.45, 7) is 0.500. The first-order chi connectivity index (χ1) is 13.4. The Morgan fingerprint density at radius 3 is 2.43 bits per heavy atom. The molecule has 0 aromatic heterocycles. The van der Waals surface area contributed by atoms with Gasteiger partial charge in [0, 0.05) is 29.4 Å².